The van der Waals surface area contributed by atoms with E-state index in [0.717, 1.165) is 88.9 Å². The summed E-state index contributed by atoms with van der Waals surface area (Å²) in [6, 6.07) is 71.0. The van der Waals surface area contributed by atoms with Gasteiger partial charge in [0.15, 0.2) is 0 Å². The maximum Gasteiger partial charge on any atom is 0.148 e. The van der Waals surface area contributed by atoms with Crippen molar-refractivity contribution in [2.75, 3.05) is 0 Å². The number of pyridine rings is 1. The Balaban J connectivity index is 0.00000484. The van der Waals surface area contributed by atoms with Gasteiger partial charge in [-0.25, -0.2) is 4.98 Å². The predicted molar refractivity (Wildman–Crippen MR) is 260 cm³/mol. The number of imidazole rings is 1. The summed E-state index contributed by atoms with van der Waals surface area (Å²) in [5.74, 6) is 0.814. The molecule has 1 N–H and O–H groups in total. The van der Waals surface area contributed by atoms with Gasteiger partial charge in [0.1, 0.15) is 11.6 Å². The molecule has 64 heavy (non-hydrogen) atoms. The second-order valence-electron chi connectivity index (χ2n) is 17.1. The molecule has 0 unspecified atom stereocenters. The summed E-state index contributed by atoms with van der Waals surface area (Å²) in [5.41, 5.74) is 15.6. The molecule has 8 aromatic carbocycles. The number of hydrogen-bond acceptors (Lipinski definition) is 3. The molecular formula is C58H43N4OPt-. The number of para-hydroxylation sites is 4. The van der Waals surface area contributed by atoms with Crippen molar-refractivity contribution in [3.05, 3.63) is 212 Å². The molecule has 11 rings (SSSR count). The van der Waals surface area contributed by atoms with Crippen LogP contribution >= 0.6 is 0 Å². The van der Waals surface area contributed by atoms with Crippen molar-refractivity contribution in [3.8, 4) is 73.2 Å². The van der Waals surface area contributed by atoms with Crippen molar-refractivity contribution in [2.45, 2.75) is 26.2 Å². The SMILES string of the molecule is CC(C)(C)c1ccc(-n2c(-c3ccccc3O)nc3c(-c4[c-]c(-c5cc6c(cn5)c5ccccc5n6-c5ccccc5)cc(-c5ccccc5)c4)cccc32)c(-c2ccccc2)c1.[Pt]. The second-order valence-corrected chi connectivity index (χ2v) is 17.1. The maximum atomic E-state index is 11.5. The van der Waals surface area contributed by atoms with Crippen LogP contribution in [0.3, 0.4) is 0 Å². The molecule has 0 aliphatic heterocycles. The molecular weight excluding hydrogens is 964 g/mol. The van der Waals surface area contributed by atoms with Gasteiger partial charge in [-0.1, -0.05) is 165 Å². The van der Waals surface area contributed by atoms with E-state index in [0.29, 0.717) is 11.4 Å². The topological polar surface area (TPSA) is 55.9 Å². The zero-order chi connectivity index (χ0) is 42.7. The molecule has 0 radical (unpaired) electrons. The summed E-state index contributed by atoms with van der Waals surface area (Å²) in [5, 5.41) is 13.7. The van der Waals surface area contributed by atoms with Crippen LogP contribution < -0.4 is 0 Å². The average Bonchev–Trinajstić information content (AvgIpc) is 3.88. The molecule has 3 heterocycles. The molecule has 0 amide bonds. The predicted octanol–water partition coefficient (Wildman–Crippen LogP) is 14.7. The summed E-state index contributed by atoms with van der Waals surface area (Å²) < 4.78 is 4.53. The maximum absolute atomic E-state index is 11.5. The number of phenols is 1. The molecule has 5 nitrogen and oxygen atoms in total. The van der Waals surface area contributed by atoms with Gasteiger partial charge in [0.2, 0.25) is 0 Å². The first kappa shape index (κ1) is 40.7. The molecule has 0 atom stereocenters. The van der Waals surface area contributed by atoms with Crippen molar-refractivity contribution in [1.82, 2.24) is 19.1 Å². The molecule has 0 bridgehead atoms. The number of aromatic hydroxyl groups is 1. The average molecular weight is 1010 g/mol. The molecule has 0 saturated carbocycles. The van der Waals surface area contributed by atoms with Gasteiger partial charge >= 0.3 is 0 Å². The molecule has 11 aromatic rings. The molecule has 0 spiro atoms. The number of fused-ring (bicyclic) bond motifs is 4. The molecule has 3 aromatic heterocycles. The van der Waals surface area contributed by atoms with Crippen molar-refractivity contribution < 1.29 is 26.2 Å². The first-order valence-corrected chi connectivity index (χ1v) is 21.4. The minimum atomic E-state index is -0.0679. The van der Waals surface area contributed by atoms with Crippen LogP contribution in [-0.4, -0.2) is 24.2 Å². The molecule has 312 valence electrons. The Bertz CT molecular complexity index is 3490. The monoisotopic (exact) mass is 1010 g/mol. The van der Waals surface area contributed by atoms with E-state index in [9.17, 15) is 5.11 Å². The smallest absolute Gasteiger partial charge is 0.148 e. The fourth-order valence-electron chi connectivity index (χ4n) is 8.97. The van der Waals surface area contributed by atoms with Crippen LogP contribution in [-0.2, 0) is 26.5 Å². The third-order valence-corrected chi connectivity index (χ3v) is 12.1. The normalized spacial score (nSPS) is 11.6. The third kappa shape index (κ3) is 7.12. The van der Waals surface area contributed by atoms with E-state index in [1.165, 1.54) is 5.56 Å². The van der Waals surface area contributed by atoms with E-state index in [1.807, 2.05) is 36.5 Å². The van der Waals surface area contributed by atoms with Crippen LogP contribution in [0.15, 0.2) is 200 Å². The number of aromatic nitrogens is 4. The van der Waals surface area contributed by atoms with Gasteiger partial charge in [-0.15, -0.1) is 23.8 Å². The second kappa shape index (κ2) is 16.4. The number of rotatable bonds is 7. The van der Waals surface area contributed by atoms with E-state index in [-0.39, 0.29) is 32.2 Å². The van der Waals surface area contributed by atoms with E-state index in [1.54, 1.807) is 6.07 Å². The first-order valence-electron chi connectivity index (χ1n) is 21.4. The first-order chi connectivity index (χ1) is 30.8. The van der Waals surface area contributed by atoms with Crippen LogP contribution in [0.25, 0.3) is 100 Å². The van der Waals surface area contributed by atoms with Crippen LogP contribution in [0.4, 0.5) is 0 Å². The van der Waals surface area contributed by atoms with Crippen molar-refractivity contribution in [3.63, 3.8) is 0 Å². The molecule has 0 aliphatic rings. The molecule has 0 saturated heterocycles. The van der Waals surface area contributed by atoms with Gasteiger partial charge < -0.3 is 9.67 Å². The van der Waals surface area contributed by atoms with E-state index >= 15 is 0 Å². The Morgan fingerprint density at radius 2 is 1.14 bits per heavy atom. The zero-order valence-corrected chi connectivity index (χ0v) is 37.9. The number of hydrogen-bond donors (Lipinski definition) is 1. The van der Waals surface area contributed by atoms with Gasteiger partial charge in [-0.05, 0) is 76.7 Å². The largest absolute Gasteiger partial charge is 0.507 e. The molecule has 6 heteroatoms. The summed E-state index contributed by atoms with van der Waals surface area (Å²) in [7, 11) is 0. The third-order valence-electron chi connectivity index (χ3n) is 12.1. The van der Waals surface area contributed by atoms with Crippen molar-refractivity contribution in [1.29, 1.82) is 0 Å². The number of nitrogens with zero attached hydrogens (tertiary/aromatic N) is 4. The minimum Gasteiger partial charge on any atom is -0.507 e. The van der Waals surface area contributed by atoms with Crippen molar-refractivity contribution >= 4 is 32.8 Å². The van der Waals surface area contributed by atoms with Gasteiger partial charge in [0.25, 0.3) is 0 Å². The Morgan fingerprint density at radius 3 is 1.89 bits per heavy atom. The van der Waals surface area contributed by atoms with Crippen LogP contribution in [0.1, 0.15) is 26.3 Å². The standard InChI is InChI=1S/C58H43N4O.Pt/c1-58(2,3)43-30-31-52(48(35-43)39-20-9-5-10-21-39)62-53-28-17-26-45(56(53)60-57(62)47-25-14-16-29-55(47)63)41-32-40(38-18-7-4-8-19-38)33-42(34-41)50-36-54-49(37-59-50)46-24-13-15-27-51(46)61(54)44-22-11-6-12-23-44;/h4-33,35-37,63H,1-3H3;/q-1;. The quantitative estimate of drug-likeness (QED) is 0.162. The van der Waals surface area contributed by atoms with Crippen LogP contribution in [0, 0.1) is 6.07 Å². The Hall–Kier alpha value is -7.33. The fraction of sp³-hybridized carbons (Fsp3) is 0.0690. The summed E-state index contributed by atoms with van der Waals surface area (Å²) in [4.78, 5) is 10.6. The Labute approximate surface area is 387 Å². The van der Waals surface area contributed by atoms with Crippen LogP contribution in [0.5, 0.6) is 5.75 Å². The Morgan fingerprint density at radius 1 is 0.500 bits per heavy atom. The summed E-state index contributed by atoms with van der Waals surface area (Å²) in [6.07, 6.45) is 2.01. The number of benzene rings is 8. The van der Waals surface area contributed by atoms with E-state index in [4.69, 9.17) is 9.97 Å². The van der Waals surface area contributed by atoms with Gasteiger partial charge in [0, 0.05) is 55.0 Å². The summed E-state index contributed by atoms with van der Waals surface area (Å²) in [6.45, 7) is 6.73. The van der Waals surface area contributed by atoms with Gasteiger partial charge in [-0.2, -0.15) is 0 Å². The molecule has 0 aliphatic carbocycles. The Kier molecular flexibility index (Phi) is 10.4. The van der Waals surface area contributed by atoms with E-state index in [2.05, 4.69) is 194 Å². The zero-order valence-electron chi connectivity index (χ0n) is 35.6. The summed E-state index contributed by atoms with van der Waals surface area (Å²) >= 11 is 0. The number of phenolic OH excluding ortho intramolecular Hbond substituents is 1. The van der Waals surface area contributed by atoms with Gasteiger partial charge in [0.05, 0.1) is 33.3 Å². The fourth-order valence-corrected chi connectivity index (χ4v) is 8.97. The van der Waals surface area contributed by atoms with Crippen molar-refractivity contribution in [2.24, 2.45) is 0 Å². The molecule has 0 fully saturated rings. The van der Waals surface area contributed by atoms with Gasteiger partial charge in [-0.3, -0.25) is 9.55 Å². The van der Waals surface area contributed by atoms with E-state index < -0.39 is 0 Å². The minimum absolute atomic E-state index is 0. The van der Waals surface area contributed by atoms with Crippen LogP contribution in [0.2, 0.25) is 0 Å².